The maximum absolute atomic E-state index is 11.2. The van der Waals surface area contributed by atoms with Crippen LogP contribution in [-0.4, -0.2) is 37.8 Å². The Labute approximate surface area is 111 Å². The monoisotopic (exact) mass is 260 g/mol. The van der Waals surface area contributed by atoms with Crippen LogP contribution in [0.5, 0.6) is 5.75 Å². The Bertz CT molecular complexity index is 565. The van der Waals surface area contributed by atoms with Crippen LogP contribution in [0, 0.1) is 0 Å². The number of fused-ring (bicyclic) bond motifs is 1. The second-order valence-electron chi connectivity index (χ2n) is 4.24. The Morgan fingerprint density at radius 2 is 2.00 bits per heavy atom. The van der Waals surface area contributed by atoms with Crippen molar-refractivity contribution >= 4 is 17.1 Å². The minimum absolute atomic E-state index is 0.0903. The average Bonchev–Trinajstić information content (AvgIpc) is 2.44. The number of ether oxygens (including phenoxy) is 2. The summed E-state index contributed by atoms with van der Waals surface area (Å²) in [4.78, 5) is 11.2. The van der Waals surface area contributed by atoms with Crippen LogP contribution >= 0.6 is 0 Å². The molecule has 0 aliphatic heterocycles. The van der Waals surface area contributed by atoms with E-state index in [1.807, 2.05) is 30.3 Å². The second kappa shape index (κ2) is 6.31. The van der Waals surface area contributed by atoms with Gasteiger partial charge < -0.3 is 14.6 Å². The lowest BCUT2D eigenvalue weighted by molar-refractivity contribution is 0.0324. The van der Waals surface area contributed by atoms with Crippen molar-refractivity contribution in [2.75, 3.05) is 20.3 Å². The molecule has 0 saturated heterocycles. The lowest BCUT2D eigenvalue weighted by Crippen LogP contribution is -2.22. The van der Waals surface area contributed by atoms with Gasteiger partial charge in [-0.15, -0.1) is 0 Å². The highest BCUT2D eigenvalue weighted by atomic mass is 16.5. The second-order valence-corrected chi connectivity index (χ2v) is 4.24. The highest BCUT2D eigenvalue weighted by Crippen LogP contribution is 2.26. The van der Waals surface area contributed by atoms with Crippen LogP contribution in [0.3, 0.4) is 0 Å². The predicted octanol–water partition coefficient (Wildman–Crippen LogP) is 2.04. The van der Waals surface area contributed by atoms with Crippen LogP contribution in [0.25, 0.3) is 10.8 Å². The van der Waals surface area contributed by atoms with Crippen molar-refractivity contribution in [2.45, 2.75) is 6.10 Å². The van der Waals surface area contributed by atoms with Crippen molar-refractivity contribution in [2.24, 2.45) is 0 Å². The third-order valence-electron chi connectivity index (χ3n) is 2.84. The Kier molecular flexibility index (Phi) is 4.49. The SMILES string of the molecule is COCC(O)COc1ccc2ccccc2c1C=O. The first kappa shape index (κ1) is 13.5. The van der Waals surface area contributed by atoms with Crippen molar-refractivity contribution < 1.29 is 19.4 Å². The summed E-state index contributed by atoms with van der Waals surface area (Å²) in [7, 11) is 1.51. The fraction of sp³-hybridized carbons (Fsp3) is 0.267. The number of methoxy groups -OCH3 is 1. The van der Waals surface area contributed by atoms with Crippen LogP contribution < -0.4 is 4.74 Å². The lowest BCUT2D eigenvalue weighted by atomic mass is 10.0. The number of benzene rings is 2. The molecule has 1 N–H and O–H groups in total. The maximum Gasteiger partial charge on any atom is 0.154 e. The number of hydrogen-bond donors (Lipinski definition) is 1. The average molecular weight is 260 g/mol. The summed E-state index contributed by atoms with van der Waals surface area (Å²) in [5.41, 5.74) is 0.503. The summed E-state index contributed by atoms with van der Waals surface area (Å²) >= 11 is 0. The number of hydrogen-bond acceptors (Lipinski definition) is 4. The van der Waals surface area contributed by atoms with E-state index in [0.717, 1.165) is 17.1 Å². The number of aliphatic hydroxyl groups excluding tert-OH is 1. The highest BCUT2D eigenvalue weighted by molar-refractivity contribution is 6.00. The van der Waals surface area contributed by atoms with E-state index in [1.54, 1.807) is 6.07 Å². The maximum atomic E-state index is 11.2. The molecule has 19 heavy (non-hydrogen) atoms. The van der Waals surface area contributed by atoms with E-state index >= 15 is 0 Å². The third kappa shape index (κ3) is 3.10. The first-order valence-corrected chi connectivity index (χ1v) is 6.03. The van der Waals surface area contributed by atoms with Gasteiger partial charge in [0.25, 0.3) is 0 Å². The standard InChI is InChI=1S/C15H16O4/c1-18-9-12(17)10-19-15-7-6-11-4-2-3-5-13(11)14(15)8-16/h2-8,12,17H,9-10H2,1H3. The molecule has 0 aliphatic carbocycles. The molecule has 4 heteroatoms. The Hall–Kier alpha value is -1.91. The summed E-state index contributed by atoms with van der Waals surface area (Å²) in [6.45, 7) is 0.289. The van der Waals surface area contributed by atoms with Gasteiger partial charge >= 0.3 is 0 Å². The van der Waals surface area contributed by atoms with E-state index in [1.165, 1.54) is 7.11 Å². The van der Waals surface area contributed by atoms with E-state index < -0.39 is 6.10 Å². The van der Waals surface area contributed by atoms with E-state index in [0.29, 0.717) is 11.3 Å². The molecule has 0 spiro atoms. The van der Waals surface area contributed by atoms with E-state index in [9.17, 15) is 9.90 Å². The van der Waals surface area contributed by atoms with Crippen molar-refractivity contribution in [1.29, 1.82) is 0 Å². The number of carbonyl (C=O) groups excluding carboxylic acids is 1. The molecule has 0 radical (unpaired) electrons. The van der Waals surface area contributed by atoms with E-state index in [2.05, 4.69) is 0 Å². The van der Waals surface area contributed by atoms with Crippen molar-refractivity contribution in [3.8, 4) is 5.75 Å². The smallest absolute Gasteiger partial charge is 0.154 e. The van der Waals surface area contributed by atoms with Crippen molar-refractivity contribution in [1.82, 2.24) is 0 Å². The van der Waals surface area contributed by atoms with Gasteiger partial charge in [-0.2, -0.15) is 0 Å². The van der Waals surface area contributed by atoms with Crippen molar-refractivity contribution in [3.63, 3.8) is 0 Å². The van der Waals surface area contributed by atoms with Gasteiger partial charge in [-0.25, -0.2) is 0 Å². The molecular weight excluding hydrogens is 244 g/mol. The van der Waals surface area contributed by atoms with Gasteiger partial charge in [0.15, 0.2) is 6.29 Å². The van der Waals surface area contributed by atoms with Crippen LogP contribution in [0.15, 0.2) is 36.4 Å². The normalized spacial score (nSPS) is 12.3. The minimum Gasteiger partial charge on any atom is -0.490 e. The fourth-order valence-electron chi connectivity index (χ4n) is 1.95. The quantitative estimate of drug-likeness (QED) is 0.807. The third-order valence-corrected chi connectivity index (χ3v) is 2.84. The predicted molar refractivity (Wildman–Crippen MR) is 72.7 cm³/mol. The first-order valence-electron chi connectivity index (χ1n) is 6.03. The summed E-state index contributed by atoms with van der Waals surface area (Å²) in [6.07, 6.45) is 0.0661. The minimum atomic E-state index is -0.712. The first-order chi connectivity index (χ1) is 9.26. The number of aldehydes is 1. The number of rotatable bonds is 6. The Morgan fingerprint density at radius 3 is 2.74 bits per heavy atom. The molecule has 0 fully saturated rings. The van der Waals surface area contributed by atoms with Gasteiger partial charge in [0, 0.05) is 7.11 Å². The molecule has 0 aromatic heterocycles. The van der Waals surface area contributed by atoms with Crippen LogP contribution in [-0.2, 0) is 4.74 Å². The molecule has 0 amide bonds. The highest BCUT2D eigenvalue weighted by Gasteiger charge is 2.10. The molecule has 0 aliphatic rings. The van der Waals surface area contributed by atoms with Crippen LogP contribution in [0.4, 0.5) is 0 Å². The van der Waals surface area contributed by atoms with Gasteiger partial charge in [-0.1, -0.05) is 30.3 Å². The molecule has 0 saturated carbocycles. The van der Waals surface area contributed by atoms with Crippen molar-refractivity contribution in [3.05, 3.63) is 42.0 Å². The summed E-state index contributed by atoms with van der Waals surface area (Å²) in [6, 6.07) is 11.2. The zero-order valence-electron chi connectivity index (χ0n) is 10.7. The molecule has 0 heterocycles. The van der Waals surface area contributed by atoms with Gasteiger partial charge in [0.05, 0.1) is 12.2 Å². The summed E-state index contributed by atoms with van der Waals surface area (Å²) in [5, 5.41) is 11.4. The van der Waals surface area contributed by atoms with Gasteiger partial charge in [-0.05, 0) is 16.8 Å². The number of carbonyl (C=O) groups is 1. The fourth-order valence-corrected chi connectivity index (χ4v) is 1.95. The topological polar surface area (TPSA) is 55.8 Å². The molecule has 1 unspecified atom stereocenters. The van der Waals surface area contributed by atoms with E-state index in [-0.39, 0.29) is 13.2 Å². The zero-order valence-corrected chi connectivity index (χ0v) is 10.7. The zero-order chi connectivity index (χ0) is 13.7. The van der Waals surface area contributed by atoms with E-state index in [4.69, 9.17) is 9.47 Å². The Morgan fingerprint density at radius 1 is 1.21 bits per heavy atom. The molecule has 2 aromatic rings. The molecule has 0 bridgehead atoms. The Balaban J connectivity index is 2.25. The van der Waals surface area contributed by atoms with Gasteiger partial charge in [0.2, 0.25) is 0 Å². The molecule has 100 valence electrons. The summed E-state index contributed by atoms with van der Waals surface area (Å²) < 4.78 is 10.3. The van der Waals surface area contributed by atoms with Crippen LogP contribution in [0.1, 0.15) is 10.4 Å². The van der Waals surface area contributed by atoms with Gasteiger partial charge in [-0.3, -0.25) is 4.79 Å². The van der Waals surface area contributed by atoms with Gasteiger partial charge in [0.1, 0.15) is 18.5 Å². The molecule has 2 rings (SSSR count). The molecular formula is C15H16O4. The molecule has 1 atom stereocenters. The molecule has 2 aromatic carbocycles. The largest absolute Gasteiger partial charge is 0.490 e. The number of aliphatic hydroxyl groups is 1. The van der Waals surface area contributed by atoms with Crippen LogP contribution in [0.2, 0.25) is 0 Å². The lowest BCUT2D eigenvalue weighted by Gasteiger charge is -2.13. The summed E-state index contributed by atoms with van der Waals surface area (Å²) in [5.74, 6) is 0.476. The molecule has 4 nitrogen and oxygen atoms in total.